The first-order chi connectivity index (χ1) is 8.00. The van der Waals surface area contributed by atoms with Crippen LogP contribution in [0.4, 0.5) is 10.1 Å². The number of rotatable bonds is 4. The Kier molecular flexibility index (Phi) is 4.33. The van der Waals surface area contributed by atoms with E-state index in [4.69, 9.17) is 0 Å². The summed E-state index contributed by atoms with van der Waals surface area (Å²) in [5, 5.41) is 13.2. The predicted octanol–water partition coefficient (Wildman–Crippen LogP) is 1.88. The van der Waals surface area contributed by atoms with Crippen molar-refractivity contribution in [3.63, 3.8) is 0 Å². The van der Waals surface area contributed by atoms with Gasteiger partial charge in [-0.2, -0.15) is 0 Å². The lowest BCUT2D eigenvalue weighted by Crippen LogP contribution is -2.19. The Labute approximate surface area is 97.1 Å². The van der Waals surface area contributed by atoms with Gasteiger partial charge >= 0.3 is 0 Å². The highest BCUT2D eigenvalue weighted by Gasteiger charge is 2.12. The molecule has 1 aromatic carbocycles. The number of nitro benzene ring substituents is 1. The quantitative estimate of drug-likeness (QED) is 0.643. The molecule has 90 valence electrons. The average molecular weight is 238 g/mol. The molecule has 0 atom stereocenters. The Balaban J connectivity index is 2.83. The SMILES string of the molecule is CC(=O)NCC=Cc1ccc(F)cc1[N+](=O)[O-]. The van der Waals surface area contributed by atoms with Crippen LogP contribution in [0, 0.1) is 15.9 Å². The van der Waals surface area contributed by atoms with Crippen molar-refractivity contribution in [1.82, 2.24) is 5.32 Å². The fourth-order valence-electron chi connectivity index (χ4n) is 1.20. The van der Waals surface area contributed by atoms with Crippen LogP contribution >= 0.6 is 0 Å². The van der Waals surface area contributed by atoms with Crippen LogP contribution in [-0.4, -0.2) is 17.4 Å². The Hall–Kier alpha value is -2.24. The first kappa shape index (κ1) is 12.8. The van der Waals surface area contributed by atoms with Crippen LogP contribution in [0.3, 0.4) is 0 Å². The highest BCUT2D eigenvalue weighted by molar-refractivity contribution is 5.73. The fraction of sp³-hybridized carbons (Fsp3) is 0.182. The van der Waals surface area contributed by atoms with Gasteiger partial charge in [0.15, 0.2) is 0 Å². The molecule has 5 nitrogen and oxygen atoms in total. The molecular formula is C11H11FN2O3. The zero-order valence-corrected chi connectivity index (χ0v) is 9.14. The van der Waals surface area contributed by atoms with Gasteiger partial charge in [-0.15, -0.1) is 0 Å². The summed E-state index contributed by atoms with van der Waals surface area (Å²) in [6.45, 7) is 1.64. The number of hydrogen-bond acceptors (Lipinski definition) is 3. The van der Waals surface area contributed by atoms with Gasteiger partial charge in [0.1, 0.15) is 5.82 Å². The van der Waals surface area contributed by atoms with Crippen molar-refractivity contribution in [2.75, 3.05) is 6.54 Å². The molecule has 1 N–H and O–H groups in total. The van der Waals surface area contributed by atoms with Crippen molar-refractivity contribution in [2.24, 2.45) is 0 Å². The normalized spacial score (nSPS) is 10.5. The molecule has 0 aliphatic heterocycles. The van der Waals surface area contributed by atoms with Gasteiger partial charge in [0.25, 0.3) is 5.69 Å². The minimum absolute atomic E-state index is 0.191. The number of hydrogen-bond donors (Lipinski definition) is 1. The summed E-state index contributed by atoms with van der Waals surface area (Å²) in [6.07, 6.45) is 3.02. The topological polar surface area (TPSA) is 72.2 Å². The van der Waals surface area contributed by atoms with E-state index in [1.165, 1.54) is 19.1 Å². The standard InChI is InChI=1S/C11H11FN2O3/c1-8(15)13-6-2-3-9-4-5-10(12)7-11(9)14(16)17/h2-5,7H,6H2,1H3,(H,13,15). The van der Waals surface area contributed by atoms with Gasteiger partial charge in [-0.05, 0) is 12.1 Å². The van der Waals surface area contributed by atoms with Gasteiger partial charge in [-0.25, -0.2) is 4.39 Å². The monoisotopic (exact) mass is 238 g/mol. The molecule has 0 spiro atoms. The molecule has 0 heterocycles. The summed E-state index contributed by atoms with van der Waals surface area (Å²) in [6, 6.07) is 3.32. The summed E-state index contributed by atoms with van der Waals surface area (Å²) in [5.74, 6) is -0.848. The third-order valence-corrected chi connectivity index (χ3v) is 1.96. The molecule has 1 rings (SSSR count). The number of nitro groups is 1. The van der Waals surface area contributed by atoms with Gasteiger partial charge in [0.05, 0.1) is 16.6 Å². The van der Waals surface area contributed by atoms with Crippen LogP contribution in [0.1, 0.15) is 12.5 Å². The molecule has 0 unspecified atom stereocenters. The Morgan fingerprint density at radius 3 is 2.88 bits per heavy atom. The minimum atomic E-state index is -0.657. The van der Waals surface area contributed by atoms with Gasteiger partial charge in [0.2, 0.25) is 5.91 Å². The van der Waals surface area contributed by atoms with Gasteiger partial charge in [-0.1, -0.05) is 12.2 Å². The number of nitrogens with zero attached hydrogens (tertiary/aromatic N) is 1. The second kappa shape index (κ2) is 5.74. The van der Waals surface area contributed by atoms with Crippen molar-refractivity contribution >= 4 is 17.7 Å². The Morgan fingerprint density at radius 1 is 1.59 bits per heavy atom. The largest absolute Gasteiger partial charge is 0.353 e. The van der Waals surface area contributed by atoms with Crippen LogP contribution < -0.4 is 5.32 Å². The lowest BCUT2D eigenvalue weighted by Gasteiger charge is -1.98. The molecule has 17 heavy (non-hydrogen) atoms. The third-order valence-electron chi connectivity index (χ3n) is 1.96. The number of amides is 1. The third kappa shape index (κ3) is 4.02. The highest BCUT2D eigenvalue weighted by Crippen LogP contribution is 2.20. The van der Waals surface area contributed by atoms with E-state index in [1.54, 1.807) is 6.08 Å². The molecule has 0 bridgehead atoms. The van der Waals surface area contributed by atoms with E-state index in [0.29, 0.717) is 5.56 Å². The molecule has 6 heteroatoms. The van der Waals surface area contributed by atoms with E-state index in [9.17, 15) is 19.3 Å². The van der Waals surface area contributed by atoms with E-state index < -0.39 is 10.7 Å². The number of nitrogens with one attached hydrogen (secondary N) is 1. The van der Waals surface area contributed by atoms with Crippen LogP contribution in [0.15, 0.2) is 24.3 Å². The van der Waals surface area contributed by atoms with E-state index in [1.807, 2.05) is 0 Å². The molecule has 1 aromatic rings. The molecule has 0 fully saturated rings. The smallest absolute Gasteiger partial charge is 0.279 e. The lowest BCUT2D eigenvalue weighted by molar-refractivity contribution is -0.385. The molecule has 0 saturated heterocycles. The van der Waals surface area contributed by atoms with Crippen LogP contribution in [-0.2, 0) is 4.79 Å². The first-order valence-electron chi connectivity index (χ1n) is 4.85. The molecule has 0 saturated carbocycles. The summed E-state index contributed by atoms with van der Waals surface area (Å²) >= 11 is 0. The van der Waals surface area contributed by atoms with E-state index in [-0.39, 0.29) is 18.1 Å². The first-order valence-corrected chi connectivity index (χ1v) is 4.85. The van der Waals surface area contributed by atoms with Crippen molar-refractivity contribution in [1.29, 1.82) is 0 Å². The summed E-state index contributed by atoms with van der Waals surface area (Å²) in [7, 11) is 0. The maximum Gasteiger partial charge on any atom is 0.279 e. The van der Waals surface area contributed by atoms with Gasteiger partial charge in [0, 0.05) is 13.5 Å². The maximum absolute atomic E-state index is 12.8. The summed E-state index contributed by atoms with van der Waals surface area (Å²) in [4.78, 5) is 20.6. The molecular weight excluding hydrogens is 227 g/mol. The second-order valence-electron chi connectivity index (χ2n) is 3.30. The zero-order chi connectivity index (χ0) is 12.8. The number of carbonyl (C=O) groups excluding carboxylic acids is 1. The summed E-state index contributed by atoms with van der Waals surface area (Å²) in [5.41, 5.74) is -0.00849. The summed E-state index contributed by atoms with van der Waals surface area (Å²) < 4.78 is 12.8. The molecule has 0 aliphatic carbocycles. The van der Waals surface area contributed by atoms with Crippen LogP contribution in [0.5, 0.6) is 0 Å². The average Bonchev–Trinajstić information content (AvgIpc) is 2.25. The molecule has 0 aliphatic rings. The molecule has 0 aromatic heterocycles. The Morgan fingerprint density at radius 2 is 2.29 bits per heavy atom. The number of carbonyl (C=O) groups is 1. The number of halogens is 1. The van der Waals surface area contributed by atoms with E-state index in [0.717, 1.165) is 12.1 Å². The second-order valence-corrected chi connectivity index (χ2v) is 3.30. The zero-order valence-electron chi connectivity index (χ0n) is 9.14. The Bertz CT molecular complexity index is 472. The van der Waals surface area contributed by atoms with Gasteiger partial charge in [-0.3, -0.25) is 14.9 Å². The van der Waals surface area contributed by atoms with Crippen LogP contribution in [0.2, 0.25) is 0 Å². The lowest BCUT2D eigenvalue weighted by atomic mass is 10.1. The van der Waals surface area contributed by atoms with Crippen molar-refractivity contribution in [3.05, 3.63) is 45.8 Å². The molecule has 1 amide bonds. The molecule has 0 radical (unpaired) electrons. The predicted molar refractivity (Wildman–Crippen MR) is 60.8 cm³/mol. The fourth-order valence-corrected chi connectivity index (χ4v) is 1.20. The van der Waals surface area contributed by atoms with Crippen LogP contribution in [0.25, 0.3) is 6.08 Å². The highest BCUT2D eigenvalue weighted by atomic mass is 19.1. The van der Waals surface area contributed by atoms with Crippen molar-refractivity contribution in [2.45, 2.75) is 6.92 Å². The van der Waals surface area contributed by atoms with Crippen molar-refractivity contribution in [3.8, 4) is 0 Å². The maximum atomic E-state index is 12.8. The van der Waals surface area contributed by atoms with Gasteiger partial charge < -0.3 is 5.32 Å². The minimum Gasteiger partial charge on any atom is -0.353 e. The number of benzene rings is 1. The van der Waals surface area contributed by atoms with Crippen molar-refractivity contribution < 1.29 is 14.1 Å². The van der Waals surface area contributed by atoms with E-state index >= 15 is 0 Å². The van der Waals surface area contributed by atoms with E-state index in [2.05, 4.69) is 5.32 Å².